The van der Waals surface area contributed by atoms with Gasteiger partial charge < -0.3 is 16.6 Å². The molecule has 0 saturated carbocycles. The SMILES string of the molecule is [2H]C[C@](N)(CCCC(N)N=[N+]=[N-])C(=O)O. The normalized spacial score (nSPS) is 17.4. The van der Waals surface area contributed by atoms with Crippen LogP contribution in [0.25, 0.3) is 10.4 Å². The molecule has 5 N–H and O–H groups in total. The van der Waals surface area contributed by atoms with Crippen LogP contribution in [0.5, 0.6) is 0 Å². The number of azide groups is 1. The Hall–Kier alpha value is -1.30. The first-order valence-electron chi connectivity index (χ1n) is 4.78. The molecule has 0 aliphatic heterocycles. The van der Waals surface area contributed by atoms with Crippen LogP contribution in [0.4, 0.5) is 0 Å². The summed E-state index contributed by atoms with van der Waals surface area (Å²) in [5.74, 6) is -1.20. The van der Waals surface area contributed by atoms with Crippen LogP contribution in [0.2, 0.25) is 0 Å². The van der Waals surface area contributed by atoms with Crippen molar-refractivity contribution in [2.45, 2.75) is 37.9 Å². The Labute approximate surface area is 83.1 Å². The van der Waals surface area contributed by atoms with Crippen LogP contribution in [-0.2, 0) is 4.79 Å². The molecule has 0 aromatic heterocycles. The van der Waals surface area contributed by atoms with Crippen LogP contribution >= 0.6 is 0 Å². The topological polar surface area (TPSA) is 138 Å². The zero-order chi connectivity index (χ0) is 11.9. The summed E-state index contributed by atoms with van der Waals surface area (Å²) in [5.41, 5.74) is 17.4. The highest BCUT2D eigenvalue weighted by atomic mass is 16.4. The molecule has 0 spiro atoms. The Kier molecular flexibility index (Phi) is 4.18. The largest absolute Gasteiger partial charge is 0.480 e. The Morgan fingerprint density at radius 1 is 1.93 bits per heavy atom. The fourth-order valence-electron chi connectivity index (χ4n) is 0.858. The molecule has 7 nitrogen and oxygen atoms in total. The quantitative estimate of drug-likeness (QED) is 0.329. The third kappa shape index (κ3) is 4.66. The lowest BCUT2D eigenvalue weighted by molar-refractivity contribution is -0.142. The minimum Gasteiger partial charge on any atom is -0.480 e. The van der Waals surface area contributed by atoms with Crippen LogP contribution < -0.4 is 11.5 Å². The number of nitrogens with two attached hydrogens (primary N) is 2. The van der Waals surface area contributed by atoms with Crippen LogP contribution in [0, 0.1) is 0 Å². The molecule has 14 heavy (non-hydrogen) atoms. The molecule has 0 rings (SSSR count). The van der Waals surface area contributed by atoms with Crippen LogP contribution in [-0.4, -0.2) is 22.8 Å². The van der Waals surface area contributed by atoms with Gasteiger partial charge in [-0.15, -0.1) is 0 Å². The number of nitrogens with zero attached hydrogens (tertiary/aromatic N) is 3. The third-order valence-corrected chi connectivity index (χ3v) is 1.75. The van der Waals surface area contributed by atoms with Crippen molar-refractivity contribution in [1.82, 2.24) is 0 Å². The number of rotatable bonds is 6. The summed E-state index contributed by atoms with van der Waals surface area (Å²) in [7, 11) is 0. The molecule has 0 aliphatic carbocycles. The molecule has 1 unspecified atom stereocenters. The van der Waals surface area contributed by atoms with Gasteiger partial charge in [0.2, 0.25) is 0 Å². The third-order valence-electron chi connectivity index (χ3n) is 1.75. The number of aliphatic carboxylic acids is 1. The lowest BCUT2D eigenvalue weighted by Crippen LogP contribution is -2.44. The smallest absolute Gasteiger partial charge is 0.323 e. The number of carbonyl (C=O) groups is 1. The average molecular weight is 202 g/mol. The van der Waals surface area contributed by atoms with E-state index < -0.39 is 17.7 Å². The predicted octanol–water partition coefficient (Wildman–Crippen LogP) is 0.554. The fourth-order valence-corrected chi connectivity index (χ4v) is 0.858. The van der Waals surface area contributed by atoms with Crippen molar-refractivity contribution < 1.29 is 11.3 Å². The van der Waals surface area contributed by atoms with Crippen molar-refractivity contribution in [2.24, 2.45) is 16.6 Å². The summed E-state index contributed by atoms with van der Waals surface area (Å²) in [6.07, 6.45) is 0.234. The van der Waals surface area contributed by atoms with E-state index in [1.165, 1.54) is 0 Å². The number of hydrogen-bond donors (Lipinski definition) is 3. The number of carboxylic acid groups (broad SMARTS) is 1. The van der Waals surface area contributed by atoms with Crippen molar-refractivity contribution in [2.75, 3.05) is 0 Å². The molecule has 7 heteroatoms. The van der Waals surface area contributed by atoms with Gasteiger partial charge in [-0.25, -0.2) is 0 Å². The molecular formula is C7H15N5O2. The molecule has 0 fully saturated rings. The van der Waals surface area contributed by atoms with Crippen molar-refractivity contribution in [1.29, 1.82) is 0 Å². The maximum absolute atomic E-state index is 10.7. The molecule has 0 saturated heterocycles. The first kappa shape index (κ1) is 10.8. The van der Waals surface area contributed by atoms with Crippen molar-refractivity contribution in [3.05, 3.63) is 10.4 Å². The van der Waals surface area contributed by atoms with Crippen LogP contribution in [0.1, 0.15) is 27.5 Å². The van der Waals surface area contributed by atoms with Gasteiger partial charge in [0.15, 0.2) is 0 Å². The van der Waals surface area contributed by atoms with Gasteiger partial charge in [-0.05, 0) is 31.7 Å². The highest BCUT2D eigenvalue weighted by Crippen LogP contribution is 2.11. The molecule has 80 valence electrons. The summed E-state index contributed by atoms with van der Waals surface area (Å²) in [4.78, 5) is 13.2. The van der Waals surface area contributed by atoms with Gasteiger partial charge >= 0.3 is 5.97 Å². The van der Waals surface area contributed by atoms with E-state index in [0.29, 0.717) is 12.8 Å². The summed E-state index contributed by atoms with van der Waals surface area (Å²) >= 11 is 0. The molecular weight excluding hydrogens is 186 g/mol. The zero-order valence-corrected chi connectivity index (χ0v) is 7.76. The number of hydrogen-bond acceptors (Lipinski definition) is 4. The summed E-state index contributed by atoms with van der Waals surface area (Å²) in [5, 5.41) is 12.0. The molecule has 0 aromatic carbocycles. The Morgan fingerprint density at radius 3 is 3.00 bits per heavy atom. The second-order valence-electron chi connectivity index (χ2n) is 3.13. The lowest BCUT2D eigenvalue weighted by Gasteiger charge is -2.18. The van der Waals surface area contributed by atoms with Crippen molar-refractivity contribution in [3.63, 3.8) is 0 Å². The lowest BCUT2D eigenvalue weighted by atomic mass is 9.96. The van der Waals surface area contributed by atoms with Gasteiger partial charge in [-0.2, -0.15) is 0 Å². The maximum Gasteiger partial charge on any atom is 0.323 e. The van der Waals surface area contributed by atoms with Crippen molar-refractivity contribution in [3.8, 4) is 0 Å². The molecule has 0 bridgehead atoms. The van der Waals surface area contributed by atoms with Crippen molar-refractivity contribution >= 4 is 5.97 Å². The molecule has 2 atom stereocenters. The van der Waals surface area contributed by atoms with Gasteiger partial charge in [0.1, 0.15) is 5.54 Å². The fraction of sp³-hybridized carbons (Fsp3) is 0.857. The molecule has 0 aliphatic rings. The summed E-state index contributed by atoms with van der Waals surface area (Å²) < 4.78 is 7.03. The van der Waals surface area contributed by atoms with Gasteiger partial charge in [-0.3, -0.25) is 4.79 Å². The monoisotopic (exact) mass is 202 g/mol. The minimum atomic E-state index is -1.53. The Bertz CT molecular complexity index is 268. The highest BCUT2D eigenvalue weighted by Gasteiger charge is 2.26. The van der Waals surface area contributed by atoms with Gasteiger partial charge in [-0.1, -0.05) is 5.11 Å². The van der Waals surface area contributed by atoms with E-state index in [2.05, 4.69) is 10.0 Å². The molecule has 0 radical (unpaired) electrons. The second-order valence-corrected chi connectivity index (χ2v) is 3.13. The van der Waals surface area contributed by atoms with Crippen LogP contribution in [0.3, 0.4) is 0 Å². The van der Waals surface area contributed by atoms with E-state index in [1.54, 1.807) is 0 Å². The van der Waals surface area contributed by atoms with Gasteiger partial charge in [0.05, 0.1) is 6.17 Å². The Balaban J connectivity index is 4.03. The van der Waals surface area contributed by atoms with Gasteiger partial charge in [0.25, 0.3) is 0 Å². The maximum atomic E-state index is 10.7. The summed E-state index contributed by atoms with van der Waals surface area (Å²) in [6.45, 7) is -0.390. The minimum absolute atomic E-state index is 0.139. The predicted molar refractivity (Wildman–Crippen MR) is 51.2 cm³/mol. The molecule has 0 heterocycles. The van der Waals surface area contributed by atoms with Crippen LogP contribution in [0.15, 0.2) is 5.11 Å². The van der Waals surface area contributed by atoms with E-state index in [4.69, 9.17) is 23.5 Å². The second kappa shape index (κ2) is 5.43. The molecule has 0 aromatic rings. The zero-order valence-electron chi connectivity index (χ0n) is 8.76. The van der Waals surface area contributed by atoms with Gasteiger partial charge in [0, 0.05) is 6.28 Å². The van der Waals surface area contributed by atoms with E-state index in [-0.39, 0.29) is 13.3 Å². The van der Waals surface area contributed by atoms with E-state index >= 15 is 0 Å². The van der Waals surface area contributed by atoms with E-state index in [9.17, 15) is 4.79 Å². The first-order valence-corrected chi connectivity index (χ1v) is 4.07. The number of carboxylic acids is 1. The standard InChI is InChI=1S/C7H15N5O2/c1-7(9,6(13)14)4-2-3-5(8)11-12-10/h5H,2-4,8-9H2,1H3,(H,13,14)/t5?,7-/m0/s1/i1D. The first-order chi connectivity index (χ1) is 6.96. The van der Waals surface area contributed by atoms with E-state index in [0.717, 1.165) is 0 Å². The highest BCUT2D eigenvalue weighted by molar-refractivity contribution is 5.77. The average Bonchev–Trinajstić information content (AvgIpc) is 2.17. The summed E-state index contributed by atoms with van der Waals surface area (Å²) in [6, 6.07) is 0. The molecule has 0 amide bonds. The van der Waals surface area contributed by atoms with E-state index in [1.807, 2.05) is 0 Å². The Morgan fingerprint density at radius 2 is 2.57 bits per heavy atom.